The topological polar surface area (TPSA) is 54.3 Å². The van der Waals surface area contributed by atoms with E-state index in [1.54, 1.807) is 33.1 Å². The molecule has 5 rings (SSSR count). The molecule has 10 heteroatoms. The molecular weight excluding hydrogens is 468 g/mol. The molecule has 0 bridgehead atoms. The number of halogens is 3. The highest BCUT2D eigenvalue weighted by Crippen LogP contribution is 2.33. The Morgan fingerprint density at radius 1 is 1.03 bits per heavy atom. The molecule has 0 aliphatic carbocycles. The highest BCUT2D eigenvalue weighted by Gasteiger charge is 2.25. The Morgan fingerprint density at radius 3 is 2.55 bits per heavy atom. The number of thiazole rings is 1. The maximum atomic E-state index is 13.4. The predicted octanol–water partition coefficient (Wildman–Crippen LogP) is 5.07. The number of hydrogen-bond acceptors (Lipinski definition) is 5. The van der Waals surface area contributed by atoms with Gasteiger partial charge in [-0.15, -0.1) is 0 Å². The van der Waals surface area contributed by atoms with Gasteiger partial charge in [-0.05, 0) is 55.8 Å². The summed E-state index contributed by atoms with van der Waals surface area (Å²) in [4.78, 5) is 21.7. The number of nitrogens with zero attached hydrogens (tertiary/aromatic N) is 5. The zero-order valence-electron chi connectivity index (χ0n) is 17.8. The SMILES string of the molecule is Cc1nn(-c2ccc(F)cc2)c2nc(N3CCCN(C(=O)c4ccc(F)cc4Cl)CC3)sc12. The summed E-state index contributed by atoms with van der Waals surface area (Å²) in [6, 6.07) is 10.00. The first-order valence-electron chi connectivity index (χ1n) is 10.5. The van der Waals surface area contributed by atoms with Crippen LogP contribution in [0.25, 0.3) is 16.0 Å². The molecule has 0 atom stereocenters. The van der Waals surface area contributed by atoms with E-state index in [9.17, 15) is 13.6 Å². The number of fused-ring (bicyclic) bond motifs is 1. The normalized spacial score (nSPS) is 14.7. The second-order valence-electron chi connectivity index (χ2n) is 7.88. The molecule has 0 saturated carbocycles. The van der Waals surface area contributed by atoms with Crippen LogP contribution in [0.4, 0.5) is 13.9 Å². The van der Waals surface area contributed by atoms with Crippen LogP contribution in [-0.4, -0.2) is 51.8 Å². The molecule has 0 N–H and O–H groups in total. The molecule has 1 fully saturated rings. The minimum absolute atomic E-state index is 0.119. The molecule has 1 aliphatic heterocycles. The summed E-state index contributed by atoms with van der Waals surface area (Å²) in [6.45, 7) is 4.38. The first kappa shape index (κ1) is 21.8. The van der Waals surface area contributed by atoms with Gasteiger partial charge in [-0.3, -0.25) is 4.79 Å². The Balaban J connectivity index is 1.37. The fourth-order valence-electron chi connectivity index (χ4n) is 3.97. The van der Waals surface area contributed by atoms with Gasteiger partial charge >= 0.3 is 0 Å². The number of carbonyl (C=O) groups excluding carboxylic acids is 1. The minimum Gasteiger partial charge on any atom is -0.346 e. The number of aryl methyl sites for hydroxylation is 1. The Hall–Kier alpha value is -3.04. The number of anilines is 1. The summed E-state index contributed by atoms with van der Waals surface area (Å²) in [5, 5.41) is 5.54. The molecule has 4 aromatic rings. The molecule has 0 unspecified atom stereocenters. The van der Waals surface area contributed by atoms with E-state index in [1.165, 1.54) is 24.3 Å². The molecule has 1 saturated heterocycles. The van der Waals surface area contributed by atoms with Crippen molar-refractivity contribution in [2.75, 3.05) is 31.1 Å². The van der Waals surface area contributed by atoms with Crippen molar-refractivity contribution in [1.82, 2.24) is 19.7 Å². The van der Waals surface area contributed by atoms with Crippen LogP contribution >= 0.6 is 22.9 Å². The Labute approximate surface area is 198 Å². The monoisotopic (exact) mass is 487 g/mol. The van der Waals surface area contributed by atoms with Crippen molar-refractivity contribution in [1.29, 1.82) is 0 Å². The van der Waals surface area contributed by atoms with Crippen molar-refractivity contribution in [3.8, 4) is 5.69 Å². The third kappa shape index (κ3) is 4.18. The van der Waals surface area contributed by atoms with E-state index in [0.29, 0.717) is 25.2 Å². The first-order valence-corrected chi connectivity index (χ1v) is 11.7. The van der Waals surface area contributed by atoms with Crippen LogP contribution in [-0.2, 0) is 0 Å². The van der Waals surface area contributed by atoms with E-state index in [1.807, 2.05) is 6.92 Å². The Bertz CT molecular complexity index is 1340. The third-order valence-electron chi connectivity index (χ3n) is 5.66. The summed E-state index contributed by atoms with van der Waals surface area (Å²) in [6.07, 6.45) is 0.767. The molecule has 3 heterocycles. The lowest BCUT2D eigenvalue weighted by Crippen LogP contribution is -2.35. The molecule has 1 aliphatic rings. The zero-order valence-corrected chi connectivity index (χ0v) is 19.3. The number of aromatic nitrogens is 3. The van der Waals surface area contributed by atoms with Crippen LogP contribution < -0.4 is 4.90 Å². The Kier molecular flexibility index (Phi) is 5.76. The smallest absolute Gasteiger partial charge is 0.255 e. The maximum absolute atomic E-state index is 13.4. The van der Waals surface area contributed by atoms with Crippen molar-refractivity contribution in [2.45, 2.75) is 13.3 Å². The first-order chi connectivity index (χ1) is 15.9. The highest BCUT2D eigenvalue weighted by atomic mass is 35.5. The van der Waals surface area contributed by atoms with Crippen molar-refractivity contribution >= 4 is 44.3 Å². The largest absolute Gasteiger partial charge is 0.346 e. The fraction of sp³-hybridized carbons (Fsp3) is 0.261. The van der Waals surface area contributed by atoms with Gasteiger partial charge in [0.2, 0.25) is 0 Å². The number of benzene rings is 2. The molecule has 33 heavy (non-hydrogen) atoms. The van der Waals surface area contributed by atoms with Gasteiger partial charge in [-0.25, -0.2) is 13.5 Å². The van der Waals surface area contributed by atoms with Gasteiger partial charge in [0.25, 0.3) is 5.91 Å². The Morgan fingerprint density at radius 2 is 1.79 bits per heavy atom. The van der Waals surface area contributed by atoms with E-state index in [-0.39, 0.29) is 16.7 Å². The molecule has 1 amide bonds. The standard InChI is InChI=1S/C23H20ClF2N5OS/c1-14-20-21(31(28-14)17-6-3-15(25)4-7-17)27-23(33-20)30-10-2-9-29(11-12-30)22(32)18-8-5-16(26)13-19(18)24/h3-8,13H,2,9-12H2,1H3. The summed E-state index contributed by atoms with van der Waals surface area (Å²) >= 11 is 7.65. The summed E-state index contributed by atoms with van der Waals surface area (Å²) in [5.74, 6) is -0.971. The van der Waals surface area contributed by atoms with Gasteiger partial charge in [-0.1, -0.05) is 22.9 Å². The van der Waals surface area contributed by atoms with Crippen molar-refractivity contribution in [3.63, 3.8) is 0 Å². The summed E-state index contributed by atoms with van der Waals surface area (Å²) < 4.78 is 29.4. The van der Waals surface area contributed by atoms with Crippen molar-refractivity contribution in [2.24, 2.45) is 0 Å². The molecule has 2 aromatic carbocycles. The van der Waals surface area contributed by atoms with Crippen LogP contribution in [0, 0.1) is 18.6 Å². The average molecular weight is 488 g/mol. The molecule has 170 valence electrons. The van der Waals surface area contributed by atoms with Gasteiger partial charge in [0, 0.05) is 26.2 Å². The van der Waals surface area contributed by atoms with Crippen LogP contribution in [0.5, 0.6) is 0 Å². The molecular formula is C23H20ClF2N5OS. The van der Waals surface area contributed by atoms with E-state index < -0.39 is 5.82 Å². The van der Waals surface area contributed by atoms with Gasteiger partial charge in [0.1, 0.15) is 11.6 Å². The number of hydrogen-bond donors (Lipinski definition) is 0. The predicted molar refractivity (Wildman–Crippen MR) is 126 cm³/mol. The van der Waals surface area contributed by atoms with Gasteiger partial charge in [0.05, 0.1) is 26.7 Å². The highest BCUT2D eigenvalue weighted by molar-refractivity contribution is 7.22. The number of rotatable bonds is 3. The molecule has 2 aromatic heterocycles. The van der Waals surface area contributed by atoms with Gasteiger partial charge in [-0.2, -0.15) is 10.1 Å². The van der Waals surface area contributed by atoms with E-state index in [4.69, 9.17) is 16.6 Å². The van der Waals surface area contributed by atoms with E-state index in [2.05, 4.69) is 10.00 Å². The second-order valence-corrected chi connectivity index (χ2v) is 9.26. The second kappa shape index (κ2) is 8.72. The lowest BCUT2D eigenvalue weighted by molar-refractivity contribution is 0.0767. The minimum atomic E-state index is -0.469. The van der Waals surface area contributed by atoms with Crippen LogP contribution in [0.3, 0.4) is 0 Å². The average Bonchev–Trinajstić information content (AvgIpc) is 3.25. The summed E-state index contributed by atoms with van der Waals surface area (Å²) in [7, 11) is 0. The van der Waals surface area contributed by atoms with Gasteiger partial charge in [0.15, 0.2) is 10.8 Å². The van der Waals surface area contributed by atoms with Crippen LogP contribution in [0.15, 0.2) is 42.5 Å². The number of carbonyl (C=O) groups is 1. The fourth-order valence-corrected chi connectivity index (χ4v) is 5.25. The maximum Gasteiger partial charge on any atom is 0.255 e. The van der Waals surface area contributed by atoms with E-state index >= 15 is 0 Å². The summed E-state index contributed by atoms with van der Waals surface area (Å²) in [5.41, 5.74) is 2.64. The number of amides is 1. The molecule has 0 radical (unpaired) electrons. The van der Waals surface area contributed by atoms with E-state index in [0.717, 1.165) is 45.9 Å². The molecule has 6 nitrogen and oxygen atoms in total. The lowest BCUT2D eigenvalue weighted by Gasteiger charge is -2.22. The zero-order chi connectivity index (χ0) is 23.1. The van der Waals surface area contributed by atoms with Gasteiger partial charge < -0.3 is 9.80 Å². The van der Waals surface area contributed by atoms with Crippen LogP contribution in [0.1, 0.15) is 22.5 Å². The third-order valence-corrected chi connectivity index (χ3v) is 7.19. The lowest BCUT2D eigenvalue weighted by atomic mass is 10.2. The van der Waals surface area contributed by atoms with Crippen LogP contribution in [0.2, 0.25) is 5.02 Å². The quantitative estimate of drug-likeness (QED) is 0.404. The molecule has 0 spiro atoms. The van der Waals surface area contributed by atoms with Crippen molar-refractivity contribution < 1.29 is 13.6 Å². The van der Waals surface area contributed by atoms with Crippen molar-refractivity contribution in [3.05, 3.63) is 70.4 Å².